The van der Waals surface area contributed by atoms with Gasteiger partial charge >= 0.3 is 0 Å². The molecule has 1 atom stereocenters. The van der Waals surface area contributed by atoms with E-state index < -0.39 is 10.0 Å². The van der Waals surface area contributed by atoms with Gasteiger partial charge in [-0.05, 0) is 68.9 Å². The summed E-state index contributed by atoms with van der Waals surface area (Å²) in [7, 11) is -2.11. The van der Waals surface area contributed by atoms with Crippen molar-refractivity contribution in [3.63, 3.8) is 0 Å². The number of hydrogen-bond donors (Lipinski definition) is 2. The van der Waals surface area contributed by atoms with Crippen LogP contribution in [0.5, 0.6) is 0 Å². The minimum Gasteiger partial charge on any atom is -0.317 e. The lowest BCUT2D eigenvalue weighted by Crippen LogP contribution is -2.35. The van der Waals surface area contributed by atoms with E-state index in [2.05, 4.69) is 17.0 Å². The molecule has 1 saturated heterocycles. The smallest absolute Gasteiger partial charge is 0.240 e. The lowest BCUT2D eigenvalue weighted by atomic mass is 9.84. The van der Waals surface area contributed by atoms with Crippen molar-refractivity contribution < 1.29 is 13.2 Å². The molecule has 0 saturated carbocycles. The maximum atomic E-state index is 12.8. The van der Waals surface area contributed by atoms with E-state index in [1.54, 1.807) is 17.0 Å². The van der Waals surface area contributed by atoms with Crippen LogP contribution >= 0.6 is 0 Å². The highest BCUT2D eigenvalue weighted by molar-refractivity contribution is 7.89. The van der Waals surface area contributed by atoms with Crippen LogP contribution in [0.25, 0.3) is 0 Å². The Kier molecular flexibility index (Phi) is 5.46. The van der Waals surface area contributed by atoms with Crippen molar-refractivity contribution >= 4 is 21.6 Å². The van der Waals surface area contributed by atoms with Gasteiger partial charge in [-0.2, -0.15) is 0 Å². The zero-order valence-corrected chi connectivity index (χ0v) is 15.7. The van der Waals surface area contributed by atoms with Crippen LogP contribution in [0.4, 0.5) is 5.69 Å². The van der Waals surface area contributed by atoms with Crippen LogP contribution in [0.1, 0.15) is 31.7 Å². The lowest BCUT2D eigenvalue weighted by Gasteiger charge is -2.29. The first-order valence-electron chi connectivity index (χ1n) is 9.00. The Morgan fingerprint density at radius 2 is 2.08 bits per heavy atom. The number of nitrogens with one attached hydrogen (secondary N) is 2. The quantitative estimate of drug-likeness (QED) is 0.829. The number of benzene rings is 1. The number of piperidine rings is 1. The third kappa shape index (κ3) is 3.88. The van der Waals surface area contributed by atoms with Crippen molar-refractivity contribution in [3.8, 4) is 0 Å². The van der Waals surface area contributed by atoms with Gasteiger partial charge in [0.25, 0.3) is 0 Å². The standard InChI is InChI=1S/C18H27N3O3S/c1-13(14-5-8-20-9-6-14)11-18(22)21-10-7-15-3-4-16(12-17(15)21)25(23,24)19-2/h3-4,12-14,19-20H,5-11H2,1-2H3. The van der Waals surface area contributed by atoms with Crippen molar-refractivity contribution in [1.82, 2.24) is 10.0 Å². The zero-order valence-electron chi connectivity index (χ0n) is 14.9. The summed E-state index contributed by atoms with van der Waals surface area (Å²) < 4.78 is 26.4. The first-order valence-corrected chi connectivity index (χ1v) is 10.5. The largest absolute Gasteiger partial charge is 0.317 e. The van der Waals surface area contributed by atoms with E-state index in [1.807, 2.05) is 6.07 Å². The minimum atomic E-state index is -3.50. The van der Waals surface area contributed by atoms with E-state index in [1.165, 1.54) is 7.05 Å². The van der Waals surface area contributed by atoms with E-state index in [0.717, 1.165) is 43.6 Å². The SMILES string of the molecule is CNS(=O)(=O)c1ccc2c(c1)N(C(=O)CC(C)C1CCNCC1)CC2. The van der Waals surface area contributed by atoms with Gasteiger partial charge in [0.2, 0.25) is 15.9 Å². The summed E-state index contributed by atoms with van der Waals surface area (Å²) in [5.41, 5.74) is 1.79. The van der Waals surface area contributed by atoms with Crippen molar-refractivity contribution in [2.75, 3.05) is 31.6 Å². The van der Waals surface area contributed by atoms with Gasteiger partial charge in [0.05, 0.1) is 4.90 Å². The molecule has 2 heterocycles. The Hall–Kier alpha value is -1.44. The third-order valence-corrected chi connectivity index (χ3v) is 6.93. The van der Waals surface area contributed by atoms with E-state index >= 15 is 0 Å². The summed E-state index contributed by atoms with van der Waals surface area (Å²) in [4.78, 5) is 14.8. The highest BCUT2D eigenvalue weighted by atomic mass is 32.2. The fourth-order valence-electron chi connectivity index (χ4n) is 3.87. The van der Waals surface area contributed by atoms with Gasteiger partial charge in [-0.25, -0.2) is 13.1 Å². The molecule has 1 aromatic rings. The Morgan fingerprint density at radius 3 is 2.76 bits per heavy atom. The molecule has 3 rings (SSSR count). The summed E-state index contributed by atoms with van der Waals surface area (Å²) >= 11 is 0. The molecule has 1 unspecified atom stereocenters. The lowest BCUT2D eigenvalue weighted by molar-refractivity contribution is -0.119. The Bertz CT molecular complexity index is 742. The molecule has 7 heteroatoms. The zero-order chi connectivity index (χ0) is 18.0. The number of fused-ring (bicyclic) bond motifs is 1. The maximum absolute atomic E-state index is 12.8. The molecule has 138 valence electrons. The predicted octanol–water partition coefficient (Wildman–Crippen LogP) is 1.51. The monoisotopic (exact) mass is 365 g/mol. The first kappa shape index (κ1) is 18.4. The van der Waals surface area contributed by atoms with E-state index in [-0.39, 0.29) is 10.8 Å². The van der Waals surface area contributed by atoms with Crippen molar-refractivity contribution in [2.45, 2.75) is 37.5 Å². The van der Waals surface area contributed by atoms with Crippen molar-refractivity contribution in [3.05, 3.63) is 23.8 Å². The van der Waals surface area contributed by atoms with Gasteiger partial charge in [-0.3, -0.25) is 4.79 Å². The van der Waals surface area contributed by atoms with Crippen LogP contribution in [-0.2, 0) is 21.2 Å². The van der Waals surface area contributed by atoms with Gasteiger partial charge in [-0.1, -0.05) is 13.0 Å². The second-order valence-corrected chi connectivity index (χ2v) is 8.95. The molecule has 6 nitrogen and oxygen atoms in total. The molecule has 1 aromatic carbocycles. The third-order valence-electron chi connectivity index (χ3n) is 5.52. The maximum Gasteiger partial charge on any atom is 0.240 e. The van der Waals surface area contributed by atoms with Crippen LogP contribution in [0.3, 0.4) is 0 Å². The van der Waals surface area contributed by atoms with Gasteiger partial charge in [0, 0.05) is 18.7 Å². The molecule has 0 aliphatic carbocycles. The van der Waals surface area contributed by atoms with Crippen LogP contribution in [-0.4, -0.2) is 41.0 Å². The molecule has 1 amide bonds. The Morgan fingerprint density at radius 1 is 1.36 bits per heavy atom. The number of carbonyl (C=O) groups excluding carboxylic acids is 1. The van der Waals surface area contributed by atoms with Crippen molar-refractivity contribution in [2.24, 2.45) is 11.8 Å². The molecular weight excluding hydrogens is 338 g/mol. The molecular formula is C18H27N3O3S. The molecule has 1 fully saturated rings. The van der Waals surface area contributed by atoms with E-state index in [0.29, 0.717) is 24.8 Å². The Labute approximate surface area is 150 Å². The van der Waals surface area contributed by atoms with Crippen LogP contribution in [0, 0.1) is 11.8 Å². The van der Waals surface area contributed by atoms with Crippen LogP contribution < -0.4 is 14.9 Å². The minimum absolute atomic E-state index is 0.101. The summed E-state index contributed by atoms with van der Waals surface area (Å²) in [6, 6.07) is 5.06. The van der Waals surface area contributed by atoms with Crippen LogP contribution in [0.2, 0.25) is 0 Å². The highest BCUT2D eigenvalue weighted by Gasteiger charge is 2.29. The molecule has 2 aliphatic rings. The average Bonchev–Trinajstić information content (AvgIpc) is 3.05. The second kappa shape index (κ2) is 7.43. The highest BCUT2D eigenvalue weighted by Crippen LogP contribution is 2.32. The summed E-state index contributed by atoms with van der Waals surface area (Å²) in [5.74, 6) is 1.04. The molecule has 25 heavy (non-hydrogen) atoms. The number of anilines is 1. The number of rotatable bonds is 5. The fraction of sp³-hybridized carbons (Fsp3) is 0.611. The summed E-state index contributed by atoms with van der Waals surface area (Å²) in [6.45, 7) is 4.85. The van der Waals surface area contributed by atoms with Gasteiger partial charge in [-0.15, -0.1) is 0 Å². The Balaban J connectivity index is 1.75. The van der Waals surface area contributed by atoms with Gasteiger partial charge in [0.15, 0.2) is 0 Å². The second-order valence-electron chi connectivity index (χ2n) is 7.06. The molecule has 0 bridgehead atoms. The topological polar surface area (TPSA) is 78.5 Å². The number of hydrogen-bond acceptors (Lipinski definition) is 4. The summed E-state index contributed by atoms with van der Waals surface area (Å²) in [6.07, 6.45) is 3.54. The van der Waals surface area contributed by atoms with Crippen molar-refractivity contribution in [1.29, 1.82) is 0 Å². The molecule has 2 N–H and O–H groups in total. The van der Waals surface area contributed by atoms with Gasteiger partial charge < -0.3 is 10.2 Å². The molecule has 0 aromatic heterocycles. The fourth-order valence-corrected chi connectivity index (χ4v) is 4.62. The molecule has 0 radical (unpaired) electrons. The number of carbonyl (C=O) groups is 1. The number of amides is 1. The number of nitrogens with zero attached hydrogens (tertiary/aromatic N) is 1. The molecule has 0 spiro atoms. The normalized spacial score (nSPS) is 19.7. The molecule has 2 aliphatic heterocycles. The van der Waals surface area contributed by atoms with E-state index in [9.17, 15) is 13.2 Å². The first-order chi connectivity index (χ1) is 11.9. The average molecular weight is 365 g/mol. The van der Waals surface area contributed by atoms with E-state index in [4.69, 9.17) is 0 Å². The predicted molar refractivity (Wildman–Crippen MR) is 98.1 cm³/mol. The van der Waals surface area contributed by atoms with Gasteiger partial charge in [0.1, 0.15) is 0 Å². The number of sulfonamides is 1. The summed E-state index contributed by atoms with van der Waals surface area (Å²) in [5, 5.41) is 3.36. The van der Waals surface area contributed by atoms with Crippen LogP contribution in [0.15, 0.2) is 23.1 Å².